The van der Waals surface area contributed by atoms with Crippen LogP contribution in [0.3, 0.4) is 0 Å². The lowest BCUT2D eigenvalue weighted by molar-refractivity contribution is 0.706. The van der Waals surface area contributed by atoms with Gasteiger partial charge in [-0.1, -0.05) is 18.3 Å². The van der Waals surface area contributed by atoms with Crippen LogP contribution in [0.2, 0.25) is 0 Å². The molecule has 0 spiro atoms. The van der Waals surface area contributed by atoms with E-state index in [1.54, 1.807) is 11.4 Å². The van der Waals surface area contributed by atoms with Crippen LogP contribution in [0.25, 0.3) is 16.7 Å². The molecule has 3 aromatic rings. The maximum atomic E-state index is 12.4. The molecule has 21 heavy (non-hydrogen) atoms. The zero-order chi connectivity index (χ0) is 15.5. The van der Waals surface area contributed by atoms with E-state index in [9.17, 15) is 9.59 Å². The Hall–Kier alpha value is -2.28. The van der Waals surface area contributed by atoms with Crippen LogP contribution in [0.5, 0.6) is 0 Å². The molecule has 0 aliphatic heterocycles. The fraction of sp³-hybridized carbons (Fsp3) is 0.286. The molecule has 0 aliphatic carbocycles. The molecule has 3 heterocycles. The number of rotatable bonds is 0. The maximum Gasteiger partial charge on any atom is 0.332 e. The second-order valence-corrected chi connectivity index (χ2v) is 5.60. The van der Waals surface area contributed by atoms with E-state index in [4.69, 9.17) is 12.2 Å². The van der Waals surface area contributed by atoms with Gasteiger partial charge in [0.1, 0.15) is 15.7 Å². The Labute approximate surface area is 124 Å². The zero-order valence-corrected chi connectivity index (χ0v) is 13.0. The SMILES string of the molecule is Cc1cc(C)c2nc3c(c(=O)n(C)c(=O)n3C)c(=S)n2c1. The molecule has 0 aliphatic rings. The van der Waals surface area contributed by atoms with E-state index >= 15 is 0 Å². The van der Waals surface area contributed by atoms with Crippen molar-refractivity contribution in [2.45, 2.75) is 13.8 Å². The molecule has 0 aromatic carbocycles. The quantitative estimate of drug-likeness (QED) is 0.463. The smallest absolute Gasteiger partial charge is 0.291 e. The van der Waals surface area contributed by atoms with Crippen molar-refractivity contribution >= 4 is 28.9 Å². The highest BCUT2D eigenvalue weighted by Crippen LogP contribution is 2.15. The Balaban J connectivity index is 2.78. The summed E-state index contributed by atoms with van der Waals surface area (Å²) in [5, 5.41) is 0.289. The molecule has 3 aromatic heterocycles. The number of pyridine rings is 1. The van der Waals surface area contributed by atoms with Crippen LogP contribution in [0, 0.1) is 18.5 Å². The van der Waals surface area contributed by atoms with E-state index in [0.717, 1.165) is 15.7 Å². The van der Waals surface area contributed by atoms with Gasteiger partial charge in [0.15, 0.2) is 5.65 Å². The molecule has 3 rings (SSSR count). The first kappa shape index (κ1) is 13.7. The topological polar surface area (TPSA) is 61.3 Å². The van der Waals surface area contributed by atoms with Crippen LogP contribution >= 0.6 is 12.2 Å². The first-order chi connectivity index (χ1) is 9.82. The molecule has 6 nitrogen and oxygen atoms in total. The van der Waals surface area contributed by atoms with Crippen molar-refractivity contribution in [2.24, 2.45) is 14.1 Å². The van der Waals surface area contributed by atoms with E-state index in [2.05, 4.69) is 4.98 Å². The second kappa shape index (κ2) is 4.36. The summed E-state index contributed by atoms with van der Waals surface area (Å²) in [6.07, 6.45) is 1.85. The normalized spacial score (nSPS) is 11.4. The first-order valence-electron chi connectivity index (χ1n) is 6.42. The fourth-order valence-corrected chi connectivity index (χ4v) is 2.89. The Morgan fingerprint density at radius 2 is 1.76 bits per heavy atom. The summed E-state index contributed by atoms with van der Waals surface area (Å²) in [7, 11) is 3.03. The molecule has 0 amide bonds. The summed E-state index contributed by atoms with van der Waals surface area (Å²) < 4.78 is 4.51. The molecular weight excluding hydrogens is 288 g/mol. The zero-order valence-electron chi connectivity index (χ0n) is 12.2. The molecule has 108 valence electrons. The van der Waals surface area contributed by atoms with Gasteiger partial charge in [0.05, 0.1) is 0 Å². The van der Waals surface area contributed by atoms with Gasteiger partial charge < -0.3 is 0 Å². The number of fused-ring (bicyclic) bond motifs is 2. The fourth-order valence-electron chi connectivity index (χ4n) is 2.57. The minimum absolute atomic E-state index is 0.289. The minimum atomic E-state index is -0.417. The maximum absolute atomic E-state index is 12.4. The van der Waals surface area contributed by atoms with Crippen molar-refractivity contribution in [3.8, 4) is 0 Å². The minimum Gasteiger partial charge on any atom is -0.291 e. The highest BCUT2D eigenvalue weighted by atomic mass is 32.1. The van der Waals surface area contributed by atoms with E-state index in [1.807, 2.05) is 26.1 Å². The van der Waals surface area contributed by atoms with Crippen molar-refractivity contribution in [3.05, 3.63) is 48.9 Å². The molecule has 0 fully saturated rings. The van der Waals surface area contributed by atoms with Crippen LogP contribution in [-0.2, 0) is 14.1 Å². The molecule has 0 saturated heterocycles. The molecule has 0 N–H and O–H groups in total. The molecule has 0 unspecified atom stereocenters. The van der Waals surface area contributed by atoms with Crippen LogP contribution < -0.4 is 11.2 Å². The van der Waals surface area contributed by atoms with Gasteiger partial charge in [-0.15, -0.1) is 0 Å². The van der Waals surface area contributed by atoms with Crippen LogP contribution in [-0.4, -0.2) is 18.5 Å². The van der Waals surface area contributed by atoms with E-state index in [0.29, 0.717) is 15.9 Å². The number of aryl methyl sites for hydroxylation is 3. The van der Waals surface area contributed by atoms with Crippen LogP contribution in [0.15, 0.2) is 21.9 Å². The third-order valence-corrected chi connectivity index (χ3v) is 4.04. The van der Waals surface area contributed by atoms with Gasteiger partial charge >= 0.3 is 5.69 Å². The summed E-state index contributed by atoms with van der Waals surface area (Å²) >= 11 is 5.46. The number of hydrogen-bond acceptors (Lipinski definition) is 4. The van der Waals surface area contributed by atoms with Gasteiger partial charge in [0.2, 0.25) is 0 Å². The van der Waals surface area contributed by atoms with Gasteiger partial charge in [0, 0.05) is 20.3 Å². The Morgan fingerprint density at radius 3 is 2.43 bits per heavy atom. The monoisotopic (exact) mass is 302 g/mol. The summed E-state index contributed by atoms with van der Waals surface area (Å²) in [5.74, 6) is 0. The lowest BCUT2D eigenvalue weighted by atomic mass is 10.2. The number of aromatic nitrogens is 4. The standard InChI is InChI=1S/C14H14N4O2S/c1-7-5-8(2)10-15-11-9(13(21)18(10)6-7)12(19)17(4)14(20)16(11)3/h5-6H,1-4H3. The largest absolute Gasteiger partial charge is 0.332 e. The highest BCUT2D eigenvalue weighted by Gasteiger charge is 2.14. The van der Waals surface area contributed by atoms with Gasteiger partial charge in [-0.05, 0) is 25.0 Å². The van der Waals surface area contributed by atoms with Gasteiger partial charge in [-0.3, -0.25) is 18.3 Å². The van der Waals surface area contributed by atoms with Crippen molar-refractivity contribution in [1.82, 2.24) is 18.5 Å². The van der Waals surface area contributed by atoms with Crippen molar-refractivity contribution in [3.63, 3.8) is 0 Å². The Kier molecular flexibility index (Phi) is 2.84. The first-order valence-corrected chi connectivity index (χ1v) is 6.83. The van der Waals surface area contributed by atoms with Crippen molar-refractivity contribution in [2.75, 3.05) is 0 Å². The average molecular weight is 302 g/mol. The highest BCUT2D eigenvalue weighted by molar-refractivity contribution is 7.71. The lowest BCUT2D eigenvalue weighted by Crippen LogP contribution is -2.37. The second-order valence-electron chi connectivity index (χ2n) is 5.22. The summed E-state index contributed by atoms with van der Waals surface area (Å²) in [4.78, 5) is 28.9. The molecular formula is C14H14N4O2S. The van der Waals surface area contributed by atoms with Crippen LogP contribution in [0.4, 0.5) is 0 Å². The molecule has 0 saturated carbocycles. The molecule has 0 bridgehead atoms. The van der Waals surface area contributed by atoms with E-state index in [1.165, 1.54) is 11.6 Å². The number of hydrogen-bond donors (Lipinski definition) is 0. The summed E-state index contributed by atoms with van der Waals surface area (Å²) in [6.45, 7) is 3.88. The molecule has 0 radical (unpaired) electrons. The van der Waals surface area contributed by atoms with Gasteiger partial charge in [-0.25, -0.2) is 9.78 Å². The number of nitrogens with zero attached hydrogens (tertiary/aromatic N) is 4. The van der Waals surface area contributed by atoms with Crippen molar-refractivity contribution < 1.29 is 0 Å². The predicted octanol–water partition coefficient (Wildman–Crippen LogP) is 1.23. The Morgan fingerprint density at radius 1 is 1.10 bits per heavy atom. The lowest BCUT2D eigenvalue weighted by Gasteiger charge is -2.11. The average Bonchev–Trinajstić information content (AvgIpc) is 2.43. The third kappa shape index (κ3) is 1.77. The Bertz CT molecular complexity index is 1090. The van der Waals surface area contributed by atoms with Gasteiger partial charge in [-0.2, -0.15) is 0 Å². The molecule has 7 heteroatoms. The van der Waals surface area contributed by atoms with E-state index in [-0.39, 0.29) is 5.39 Å². The molecule has 0 atom stereocenters. The van der Waals surface area contributed by atoms with Crippen LogP contribution in [0.1, 0.15) is 11.1 Å². The van der Waals surface area contributed by atoms with Crippen molar-refractivity contribution in [1.29, 1.82) is 0 Å². The third-order valence-electron chi connectivity index (χ3n) is 3.64. The summed E-state index contributed by atoms with van der Waals surface area (Å²) in [6, 6.07) is 1.99. The van der Waals surface area contributed by atoms with Gasteiger partial charge in [0.25, 0.3) is 5.56 Å². The van der Waals surface area contributed by atoms with E-state index < -0.39 is 11.2 Å². The predicted molar refractivity (Wildman–Crippen MR) is 83.5 cm³/mol. The summed E-state index contributed by atoms with van der Waals surface area (Å²) in [5.41, 5.74) is 2.11.